The molecule has 0 saturated carbocycles. The van der Waals surface area contributed by atoms with Crippen molar-refractivity contribution in [3.8, 4) is 0 Å². The monoisotopic (exact) mass is 340 g/mol. The van der Waals surface area contributed by atoms with E-state index in [2.05, 4.69) is 67.9 Å². The number of nitrogens with one attached hydrogen (secondary N) is 2. The highest BCUT2D eigenvalue weighted by Crippen LogP contribution is 2.26. The van der Waals surface area contributed by atoms with Crippen LogP contribution < -0.4 is 10.6 Å². The zero-order chi connectivity index (χ0) is 13.7. The molecule has 0 bridgehead atoms. The summed E-state index contributed by atoms with van der Waals surface area (Å²) < 4.78 is 0.873. The number of halogens is 1. The molecule has 2 aromatic rings. The molecule has 0 aliphatic rings. The fraction of sp³-hybridized carbons (Fsp3) is 0.385. The van der Waals surface area contributed by atoms with Gasteiger partial charge in [0, 0.05) is 17.6 Å². The molecule has 102 valence electrons. The Kier molecular flexibility index (Phi) is 5.15. The van der Waals surface area contributed by atoms with Crippen LogP contribution in [0.25, 0.3) is 0 Å². The number of hydrogen-bond acceptors (Lipinski definition) is 5. The lowest BCUT2D eigenvalue weighted by molar-refractivity contribution is 0.886. The van der Waals surface area contributed by atoms with E-state index in [0.717, 1.165) is 23.3 Å². The van der Waals surface area contributed by atoms with E-state index in [1.165, 1.54) is 4.88 Å². The van der Waals surface area contributed by atoms with E-state index in [1.807, 2.05) is 0 Å². The van der Waals surface area contributed by atoms with Gasteiger partial charge < -0.3 is 10.6 Å². The molecule has 2 N–H and O–H groups in total. The molecule has 0 radical (unpaired) electrons. The average molecular weight is 341 g/mol. The SMILES string of the molecule is CCCNc1ncc(Br)c(NC(C)c2cccs2)n1. The summed E-state index contributed by atoms with van der Waals surface area (Å²) in [7, 11) is 0. The molecule has 0 aliphatic heterocycles. The lowest BCUT2D eigenvalue weighted by Crippen LogP contribution is -2.10. The largest absolute Gasteiger partial charge is 0.362 e. The maximum absolute atomic E-state index is 4.48. The predicted octanol–water partition coefficient (Wildman–Crippen LogP) is 4.30. The second-order valence-electron chi connectivity index (χ2n) is 4.20. The van der Waals surface area contributed by atoms with Crippen LogP contribution in [0.1, 0.15) is 31.2 Å². The molecular weight excluding hydrogens is 324 g/mol. The molecule has 0 aliphatic carbocycles. The fourth-order valence-electron chi connectivity index (χ4n) is 1.60. The normalized spacial score (nSPS) is 12.2. The van der Waals surface area contributed by atoms with Crippen molar-refractivity contribution < 1.29 is 0 Å². The lowest BCUT2D eigenvalue weighted by atomic mass is 10.3. The van der Waals surface area contributed by atoms with Gasteiger partial charge in [0.25, 0.3) is 0 Å². The van der Waals surface area contributed by atoms with Crippen LogP contribution in [0.3, 0.4) is 0 Å². The Balaban J connectivity index is 2.10. The number of rotatable bonds is 6. The molecule has 6 heteroatoms. The van der Waals surface area contributed by atoms with E-state index in [4.69, 9.17) is 0 Å². The summed E-state index contributed by atoms with van der Waals surface area (Å²) in [6.07, 6.45) is 2.82. The molecule has 0 spiro atoms. The molecule has 0 aromatic carbocycles. The van der Waals surface area contributed by atoms with Crippen LogP contribution in [-0.4, -0.2) is 16.5 Å². The number of thiophene rings is 1. The van der Waals surface area contributed by atoms with Gasteiger partial charge in [-0.25, -0.2) is 4.98 Å². The number of nitrogens with zero attached hydrogens (tertiary/aromatic N) is 2. The van der Waals surface area contributed by atoms with Gasteiger partial charge in [-0.3, -0.25) is 0 Å². The summed E-state index contributed by atoms with van der Waals surface area (Å²) in [6, 6.07) is 4.40. The Morgan fingerprint density at radius 2 is 2.32 bits per heavy atom. The van der Waals surface area contributed by atoms with E-state index >= 15 is 0 Å². The minimum absolute atomic E-state index is 0.227. The van der Waals surface area contributed by atoms with Crippen molar-refractivity contribution >= 4 is 39.0 Å². The van der Waals surface area contributed by atoms with E-state index in [9.17, 15) is 0 Å². The van der Waals surface area contributed by atoms with Crippen molar-refractivity contribution in [2.45, 2.75) is 26.3 Å². The zero-order valence-corrected chi connectivity index (χ0v) is 13.4. The smallest absolute Gasteiger partial charge is 0.224 e. The topological polar surface area (TPSA) is 49.8 Å². The molecule has 1 atom stereocenters. The van der Waals surface area contributed by atoms with Gasteiger partial charge in [0.05, 0.1) is 10.5 Å². The quantitative estimate of drug-likeness (QED) is 0.823. The molecule has 19 heavy (non-hydrogen) atoms. The lowest BCUT2D eigenvalue weighted by Gasteiger charge is -2.15. The van der Waals surface area contributed by atoms with Crippen LogP contribution in [0, 0.1) is 0 Å². The van der Waals surface area contributed by atoms with Crippen LogP contribution in [-0.2, 0) is 0 Å². The van der Waals surface area contributed by atoms with Gasteiger partial charge >= 0.3 is 0 Å². The minimum Gasteiger partial charge on any atom is -0.362 e. The minimum atomic E-state index is 0.227. The van der Waals surface area contributed by atoms with Crippen LogP contribution in [0.15, 0.2) is 28.2 Å². The van der Waals surface area contributed by atoms with Gasteiger partial charge in [-0.05, 0) is 40.7 Å². The molecule has 2 heterocycles. The second kappa shape index (κ2) is 6.86. The molecule has 2 rings (SSSR count). The highest BCUT2D eigenvalue weighted by molar-refractivity contribution is 9.10. The molecule has 1 unspecified atom stereocenters. The first-order chi connectivity index (χ1) is 9.20. The third-order valence-electron chi connectivity index (χ3n) is 2.60. The van der Waals surface area contributed by atoms with Gasteiger partial charge in [-0.1, -0.05) is 13.0 Å². The Morgan fingerprint density at radius 3 is 3.00 bits per heavy atom. The maximum Gasteiger partial charge on any atom is 0.224 e. The summed E-state index contributed by atoms with van der Waals surface area (Å²) in [4.78, 5) is 10.0. The zero-order valence-electron chi connectivity index (χ0n) is 11.0. The summed E-state index contributed by atoms with van der Waals surface area (Å²) in [5.74, 6) is 1.47. The molecule has 0 saturated heterocycles. The number of anilines is 2. The Morgan fingerprint density at radius 1 is 1.47 bits per heavy atom. The van der Waals surface area contributed by atoms with Crippen molar-refractivity contribution in [3.05, 3.63) is 33.1 Å². The van der Waals surface area contributed by atoms with E-state index in [1.54, 1.807) is 17.5 Å². The van der Waals surface area contributed by atoms with E-state index < -0.39 is 0 Å². The third-order valence-corrected chi connectivity index (χ3v) is 4.24. The second-order valence-corrected chi connectivity index (χ2v) is 6.03. The Labute approximate surface area is 125 Å². The van der Waals surface area contributed by atoms with Gasteiger partial charge in [-0.15, -0.1) is 11.3 Å². The number of hydrogen-bond donors (Lipinski definition) is 2. The van der Waals surface area contributed by atoms with Gasteiger partial charge in [0.1, 0.15) is 5.82 Å². The first kappa shape index (κ1) is 14.3. The van der Waals surface area contributed by atoms with Crippen molar-refractivity contribution in [2.75, 3.05) is 17.2 Å². The van der Waals surface area contributed by atoms with E-state index in [0.29, 0.717) is 5.95 Å². The fourth-order valence-corrected chi connectivity index (χ4v) is 2.64. The highest BCUT2D eigenvalue weighted by Gasteiger charge is 2.10. The molecule has 0 fully saturated rings. The first-order valence-corrected chi connectivity index (χ1v) is 7.94. The Hall–Kier alpha value is -1.14. The summed E-state index contributed by atoms with van der Waals surface area (Å²) >= 11 is 5.22. The molecular formula is C13H17BrN4S. The van der Waals surface area contributed by atoms with Crippen molar-refractivity contribution in [2.24, 2.45) is 0 Å². The van der Waals surface area contributed by atoms with Crippen LogP contribution >= 0.6 is 27.3 Å². The van der Waals surface area contributed by atoms with Gasteiger partial charge in [-0.2, -0.15) is 4.98 Å². The molecule has 4 nitrogen and oxygen atoms in total. The standard InChI is InChI=1S/C13H17BrN4S/c1-3-6-15-13-16-8-10(14)12(18-13)17-9(2)11-5-4-7-19-11/h4-5,7-9H,3,6H2,1-2H3,(H2,15,16,17,18). The van der Waals surface area contributed by atoms with Crippen molar-refractivity contribution in [1.29, 1.82) is 0 Å². The predicted molar refractivity (Wildman–Crippen MR) is 84.9 cm³/mol. The van der Waals surface area contributed by atoms with Crippen LogP contribution in [0.2, 0.25) is 0 Å². The first-order valence-electron chi connectivity index (χ1n) is 6.27. The summed E-state index contributed by atoms with van der Waals surface area (Å²) in [5, 5.41) is 8.67. The Bertz CT molecular complexity index is 515. The molecule has 0 amide bonds. The van der Waals surface area contributed by atoms with Crippen molar-refractivity contribution in [3.63, 3.8) is 0 Å². The average Bonchev–Trinajstić information content (AvgIpc) is 2.93. The summed E-state index contributed by atoms with van der Waals surface area (Å²) in [5.41, 5.74) is 0. The highest BCUT2D eigenvalue weighted by atomic mass is 79.9. The third kappa shape index (κ3) is 3.91. The molecule has 2 aromatic heterocycles. The maximum atomic E-state index is 4.48. The van der Waals surface area contributed by atoms with E-state index in [-0.39, 0.29) is 6.04 Å². The summed E-state index contributed by atoms with van der Waals surface area (Å²) in [6.45, 7) is 5.12. The number of aromatic nitrogens is 2. The van der Waals surface area contributed by atoms with Crippen LogP contribution in [0.4, 0.5) is 11.8 Å². The van der Waals surface area contributed by atoms with Crippen molar-refractivity contribution in [1.82, 2.24) is 9.97 Å². The van der Waals surface area contributed by atoms with Gasteiger partial charge in [0.2, 0.25) is 5.95 Å². The van der Waals surface area contributed by atoms with Crippen LogP contribution in [0.5, 0.6) is 0 Å². The van der Waals surface area contributed by atoms with Gasteiger partial charge in [0.15, 0.2) is 0 Å².